The summed E-state index contributed by atoms with van der Waals surface area (Å²) in [6.07, 6.45) is 3.28. The van der Waals surface area contributed by atoms with Crippen LogP contribution in [0.5, 0.6) is 11.5 Å². The van der Waals surface area contributed by atoms with Crippen molar-refractivity contribution in [1.29, 1.82) is 0 Å². The van der Waals surface area contributed by atoms with Crippen LogP contribution in [0.15, 0.2) is 66.9 Å². The summed E-state index contributed by atoms with van der Waals surface area (Å²) in [7, 11) is 1.53. The van der Waals surface area contributed by atoms with Gasteiger partial charge in [-0.1, -0.05) is 30.3 Å². The Morgan fingerprint density at radius 3 is 2.76 bits per heavy atom. The molecule has 0 bridgehead atoms. The molecule has 4 aromatic rings. The SMILES string of the molecule is COc1ccc2c(c1)OCCNC(=O)[C@@H](NC(=O)c1nn(Cc3ccccc3)c3ncccc13)CCCCNC2=O. The van der Waals surface area contributed by atoms with Gasteiger partial charge < -0.3 is 25.4 Å². The van der Waals surface area contributed by atoms with Crippen molar-refractivity contribution in [2.75, 3.05) is 26.8 Å². The van der Waals surface area contributed by atoms with Crippen LogP contribution in [0.4, 0.5) is 0 Å². The highest BCUT2D eigenvalue weighted by Crippen LogP contribution is 2.25. The number of hydrogen-bond donors (Lipinski definition) is 3. The molecule has 0 saturated heterocycles. The molecule has 11 nitrogen and oxygen atoms in total. The first kappa shape index (κ1) is 27.6. The van der Waals surface area contributed by atoms with Gasteiger partial charge in [-0.3, -0.25) is 14.4 Å². The Kier molecular flexibility index (Phi) is 8.73. The molecule has 1 aliphatic heterocycles. The van der Waals surface area contributed by atoms with Gasteiger partial charge in [-0.2, -0.15) is 5.10 Å². The van der Waals surface area contributed by atoms with Crippen molar-refractivity contribution in [2.24, 2.45) is 0 Å². The zero-order valence-electron chi connectivity index (χ0n) is 22.8. The topological polar surface area (TPSA) is 136 Å². The van der Waals surface area contributed by atoms with Gasteiger partial charge in [0.1, 0.15) is 24.1 Å². The fraction of sp³-hybridized carbons (Fsp3) is 0.300. The third kappa shape index (κ3) is 6.63. The highest BCUT2D eigenvalue weighted by molar-refractivity contribution is 6.05. The first-order chi connectivity index (χ1) is 20.0. The third-order valence-corrected chi connectivity index (χ3v) is 6.82. The normalized spacial score (nSPS) is 16.5. The molecule has 3 N–H and O–H groups in total. The molecule has 0 radical (unpaired) electrons. The van der Waals surface area contributed by atoms with Crippen molar-refractivity contribution in [3.63, 3.8) is 0 Å². The molecule has 0 aliphatic carbocycles. The molecule has 3 amide bonds. The molecule has 11 heteroatoms. The number of rotatable bonds is 5. The molecular weight excluding hydrogens is 524 g/mol. The molecule has 2 aromatic carbocycles. The molecule has 0 saturated carbocycles. The highest BCUT2D eigenvalue weighted by atomic mass is 16.5. The molecule has 3 heterocycles. The molecule has 2 aromatic heterocycles. The number of carbonyl (C=O) groups is 3. The Morgan fingerprint density at radius 2 is 1.93 bits per heavy atom. The van der Waals surface area contributed by atoms with Gasteiger partial charge in [0.25, 0.3) is 11.8 Å². The molecule has 0 fully saturated rings. The number of nitrogens with one attached hydrogen (secondary N) is 3. The van der Waals surface area contributed by atoms with Crippen LogP contribution in [0, 0.1) is 0 Å². The lowest BCUT2D eigenvalue weighted by Crippen LogP contribution is -2.47. The van der Waals surface area contributed by atoms with Crippen LogP contribution in [-0.4, -0.2) is 65.3 Å². The number of fused-ring (bicyclic) bond motifs is 2. The smallest absolute Gasteiger partial charge is 0.273 e. The van der Waals surface area contributed by atoms with E-state index in [1.165, 1.54) is 7.11 Å². The fourth-order valence-electron chi connectivity index (χ4n) is 4.70. The van der Waals surface area contributed by atoms with Gasteiger partial charge >= 0.3 is 0 Å². The standard InChI is InChI=1S/C30H32N6O5/c1-40-21-12-13-22-25(18-21)41-17-16-33-29(38)24(11-5-6-14-32-28(22)37)34-30(39)26-23-10-7-15-31-27(23)36(35-26)19-20-8-3-2-4-9-20/h2-4,7-10,12-13,15,18,24H,5-6,11,14,16-17,19H2,1H3,(H,32,37)(H,33,38)(H,34,39)/t24-/m0/s1. The van der Waals surface area contributed by atoms with Gasteiger partial charge in [-0.05, 0) is 49.1 Å². The van der Waals surface area contributed by atoms with E-state index in [-0.39, 0.29) is 30.7 Å². The highest BCUT2D eigenvalue weighted by Gasteiger charge is 2.25. The van der Waals surface area contributed by atoms with Crippen molar-refractivity contribution in [3.8, 4) is 11.5 Å². The Morgan fingerprint density at radius 1 is 1.07 bits per heavy atom. The Hall–Kier alpha value is -4.93. The molecule has 212 valence electrons. The predicted octanol–water partition coefficient (Wildman–Crippen LogP) is 2.70. The second kappa shape index (κ2) is 12.9. The first-order valence-corrected chi connectivity index (χ1v) is 13.6. The van der Waals surface area contributed by atoms with Crippen molar-refractivity contribution in [3.05, 3.63) is 83.7 Å². The zero-order valence-corrected chi connectivity index (χ0v) is 22.8. The lowest BCUT2D eigenvalue weighted by atomic mass is 10.1. The minimum atomic E-state index is -0.792. The van der Waals surface area contributed by atoms with Crippen molar-refractivity contribution >= 4 is 28.8 Å². The van der Waals surface area contributed by atoms with Gasteiger partial charge in [0.15, 0.2) is 11.3 Å². The molecule has 41 heavy (non-hydrogen) atoms. The van der Waals surface area contributed by atoms with Crippen molar-refractivity contribution < 1.29 is 23.9 Å². The maximum absolute atomic E-state index is 13.5. The van der Waals surface area contributed by atoms with E-state index in [1.807, 2.05) is 30.3 Å². The van der Waals surface area contributed by atoms with Gasteiger partial charge in [0.2, 0.25) is 5.91 Å². The van der Waals surface area contributed by atoms with E-state index in [0.717, 1.165) is 5.56 Å². The molecule has 5 rings (SSSR count). The summed E-state index contributed by atoms with van der Waals surface area (Å²) >= 11 is 0. The molecule has 0 spiro atoms. The second-order valence-corrected chi connectivity index (χ2v) is 9.65. The zero-order chi connectivity index (χ0) is 28.6. The van der Waals surface area contributed by atoms with Gasteiger partial charge in [0.05, 0.1) is 31.1 Å². The quantitative estimate of drug-likeness (QED) is 0.344. The summed E-state index contributed by atoms with van der Waals surface area (Å²) in [4.78, 5) is 43.8. The van der Waals surface area contributed by atoms with E-state index in [1.54, 1.807) is 41.2 Å². The van der Waals surface area contributed by atoms with Crippen LogP contribution >= 0.6 is 0 Å². The van der Waals surface area contributed by atoms with E-state index in [0.29, 0.717) is 60.4 Å². The van der Waals surface area contributed by atoms with Crippen LogP contribution in [0.2, 0.25) is 0 Å². The van der Waals surface area contributed by atoms with Crippen molar-refractivity contribution in [1.82, 2.24) is 30.7 Å². The summed E-state index contributed by atoms with van der Waals surface area (Å²) in [6.45, 7) is 1.17. The number of pyridine rings is 1. The van der Waals surface area contributed by atoms with Gasteiger partial charge in [-0.15, -0.1) is 0 Å². The summed E-state index contributed by atoms with van der Waals surface area (Å²) in [5.41, 5.74) is 2.21. The fourth-order valence-corrected chi connectivity index (χ4v) is 4.70. The number of ether oxygens (including phenoxy) is 2. The number of amides is 3. The molecular formula is C30H32N6O5. The maximum Gasteiger partial charge on any atom is 0.273 e. The summed E-state index contributed by atoms with van der Waals surface area (Å²) < 4.78 is 12.8. The number of aromatic nitrogens is 3. The van der Waals surface area contributed by atoms with Crippen LogP contribution in [0.1, 0.15) is 45.7 Å². The van der Waals surface area contributed by atoms with E-state index in [9.17, 15) is 14.4 Å². The van der Waals surface area contributed by atoms with Crippen LogP contribution in [-0.2, 0) is 11.3 Å². The average molecular weight is 557 g/mol. The minimum Gasteiger partial charge on any atom is -0.497 e. The number of benzene rings is 2. The summed E-state index contributed by atoms with van der Waals surface area (Å²) in [6, 6.07) is 17.5. The van der Waals surface area contributed by atoms with E-state index < -0.39 is 11.9 Å². The number of carbonyl (C=O) groups excluding carboxylic acids is 3. The van der Waals surface area contributed by atoms with E-state index in [2.05, 4.69) is 26.0 Å². The molecule has 1 aliphatic rings. The van der Waals surface area contributed by atoms with E-state index >= 15 is 0 Å². The molecule has 0 unspecified atom stereocenters. The number of hydrogen-bond acceptors (Lipinski definition) is 7. The van der Waals surface area contributed by atoms with Crippen LogP contribution in [0.25, 0.3) is 11.0 Å². The lowest BCUT2D eigenvalue weighted by molar-refractivity contribution is -0.123. The largest absolute Gasteiger partial charge is 0.497 e. The van der Waals surface area contributed by atoms with Gasteiger partial charge in [0, 0.05) is 18.8 Å². The maximum atomic E-state index is 13.5. The number of nitrogens with zero attached hydrogens (tertiary/aromatic N) is 3. The van der Waals surface area contributed by atoms with E-state index in [4.69, 9.17) is 9.47 Å². The monoisotopic (exact) mass is 556 g/mol. The molecule has 1 atom stereocenters. The second-order valence-electron chi connectivity index (χ2n) is 9.65. The third-order valence-electron chi connectivity index (χ3n) is 6.82. The van der Waals surface area contributed by atoms with Crippen LogP contribution < -0.4 is 25.4 Å². The Bertz CT molecular complexity index is 1540. The van der Waals surface area contributed by atoms with Gasteiger partial charge in [-0.25, -0.2) is 9.67 Å². The lowest BCUT2D eigenvalue weighted by Gasteiger charge is -2.19. The Balaban J connectivity index is 1.31. The number of methoxy groups -OCH3 is 1. The van der Waals surface area contributed by atoms with Crippen LogP contribution in [0.3, 0.4) is 0 Å². The minimum absolute atomic E-state index is 0.125. The summed E-state index contributed by atoms with van der Waals surface area (Å²) in [5, 5.41) is 13.8. The predicted molar refractivity (Wildman–Crippen MR) is 152 cm³/mol. The Labute approximate surface area is 237 Å². The van der Waals surface area contributed by atoms with Crippen molar-refractivity contribution in [2.45, 2.75) is 31.8 Å². The summed E-state index contributed by atoms with van der Waals surface area (Å²) in [5.74, 6) is -0.107. The average Bonchev–Trinajstić information content (AvgIpc) is 3.36. The first-order valence-electron chi connectivity index (χ1n) is 13.6.